The Kier molecular flexibility index (Phi) is 4.18. The van der Waals surface area contributed by atoms with Crippen molar-refractivity contribution >= 4 is 11.6 Å². The van der Waals surface area contributed by atoms with Crippen LogP contribution < -0.4 is 5.32 Å². The van der Waals surface area contributed by atoms with Crippen LogP contribution >= 0.6 is 11.6 Å². The number of phenols is 1. The Morgan fingerprint density at radius 2 is 2.10 bits per heavy atom. The maximum atomic E-state index is 9.75. The highest BCUT2D eigenvalue weighted by Crippen LogP contribution is 2.34. The molecule has 1 aliphatic rings. The summed E-state index contributed by atoms with van der Waals surface area (Å²) in [6.45, 7) is 2.16. The van der Waals surface area contributed by atoms with Crippen LogP contribution in [0.25, 0.3) is 0 Å². The number of nitrogens with one attached hydrogen (secondary N) is 1. The molecule has 3 heteroatoms. The molecule has 110 valence electrons. The van der Waals surface area contributed by atoms with Crippen LogP contribution in [0.3, 0.4) is 0 Å². The Balaban J connectivity index is 1.81. The van der Waals surface area contributed by atoms with Crippen molar-refractivity contribution in [2.45, 2.75) is 38.3 Å². The first-order valence-electron chi connectivity index (χ1n) is 7.47. The van der Waals surface area contributed by atoms with E-state index in [1.807, 2.05) is 30.3 Å². The lowest BCUT2D eigenvalue weighted by Crippen LogP contribution is -2.27. The van der Waals surface area contributed by atoms with Crippen molar-refractivity contribution in [3.63, 3.8) is 0 Å². The molecule has 1 aliphatic carbocycles. The second-order valence-corrected chi connectivity index (χ2v) is 6.21. The van der Waals surface area contributed by atoms with E-state index in [2.05, 4.69) is 18.3 Å². The van der Waals surface area contributed by atoms with Crippen molar-refractivity contribution < 1.29 is 5.11 Å². The summed E-state index contributed by atoms with van der Waals surface area (Å²) in [5.41, 5.74) is 3.76. The number of fused-ring (bicyclic) bond motifs is 1. The average Bonchev–Trinajstić information content (AvgIpc) is 2.48. The number of hydrogen-bond donors (Lipinski definition) is 2. The molecule has 0 fully saturated rings. The van der Waals surface area contributed by atoms with Crippen LogP contribution in [0.15, 0.2) is 42.5 Å². The van der Waals surface area contributed by atoms with Crippen molar-refractivity contribution in [3.8, 4) is 5.75 Å². The van der Waals surface area contributed by atoms with Crippen LogP contribution in [0, 0.1) is 0 Å². The van der Waals surface area contributed by atoms with E-state index in [-0.39, 0.29) is 12.1 Å². The summed E-state index contributed by atoms with van der Waals surface area (Å²) in [7, 11) is 0. The number of rotatable bonds is 3. The molecule has 2 aromatic carbocycles. The molecule has 0 heterocycles. The highest BCUT2D eigenvalue weighted by Gasteiger charge is 2.22. The third-order valence-corrected chi connectivity index (χ3v) is 4.48. The molecule has 2 aromatic rings. The van der Waals surface area contributed by atoms with Gasteiger partial charge >= 0.3 is 0 Å². The summed E-state index contributed by atoms with van der Waals surface area (Å²) in [5.74, 6) is 0.345. The van der Waals surface area contributed by atoms with Gasteiger partial charge in [0.25, 0.3) is 0 Å². The van der Waals surface area contributed by atoms with E-state index < -0.39 is 0 Å². The fourth-order valence-corrected chi connectivity index (χ4v) is 3.33. The monoisotopic (exact) mass is 301 g/mol. The van der Waals surface area contributed by atoms with Gasteiger partial charge in [0.1, 0.15) is 5.75 Å². The zero-order chi connectivity index (χ0) is 14.8. The van der Waals surface area contributed by atoms with Crippen LogP contribution in [0.4, 0.5) is 0 Å². The summed E-state index contributed by atoms with van der Waals surface area (Å²) >= 11 is 6.07. The molecule has 2 nitrogen and oxygen atoms in total. The van der Waals surface area contributed by atoms with Gasteiger partial charge < -0.3 is 10.4 Å². The summed E-state index contributed by atoms with van der Waals surface area (Å²) < 4.78 is 0. The van der Waals surface area contributed by atoms with Crippen LogP contribution in [-0.2, 0) is 6.42 Å². The molecule has 2 atom stereocenters. The van der Waals surface area contributed by atoms with Gasteiger partial charge in [-0.15, -0.1) is 0 Å². The van der Waals surface area contributed by atoms with Gasteiger partial charge in [0, 0.05) is 17.1 Å². The smallest absolute Gasteiger partial charge is 0.115 e. The van der Waals surface area contributed by atoms with E-state index in [1.165, 1.54) is 23.1 Å². The second kappa shape index (κ2) is 6.08. The minimum Gasteiger partial charge on any atom is -0.508 e. The Morgan fingerprint density at radius 1 is 1.24 bits per heavy atom. The first-order chi connectivity index (χ1) is 10.1. The molecule has 21 heavy (non-hydrogen) atoms. The Morgan fingerprint density at radius 3 is 2.90 bits per heavy atom. The number of phenolic OH excluding ortho intramolecular Hbond substituents is 1. The van der Waals surface area contributed by atoms with Crippen LogP contribution in [0.5, 0.6) is 5.75 Å². The first kappa shape index (κ1) is 14.4. The molecule has 0 bridgehead atoms. The average molecular weight is 302 g/mol. The molecule has 0 amide bonds. The minimum atomic E-state index is 0.224. The van der Waals surface area contributed by atoms with Crippen molar-refractivity contribution in [2.24, 2.45) is 0 Å². The SMILES string of the molecule is C[C@H](NC1CCCc2ccc(O)cc21)c1cccc(Cl)c1. The number of benzene rings is 2. The minimum absolute atomic E-state index is 0.224. The zero-order valence-corrected chi connectivity index (χ0v) is 12.9. The van der Waals surface area contributed by atoms with E-state index in [1.54, 1.807) is 6.07 Å². The third-order valence-electron chi connectivity index (χ3n) is 4.24. The van der Waals surface area contributed by atoms with E-state index in [9.17, 15) is 5.11 Å². The van der Waals surface area contributed by atoms with Crippen LogP contribution in [0.1, 0.15) is 48.5 Å². The van der Waals surface area contributed by atoms with Crippen molar-refractivity contribution in [1.82, 2.24) is 5.32 Å². The lowest BCUT2D eigenvalue weighted by atomic mass is 9.87. The quantitative estimate of drug-likeness (QED) is 0.855. The maximum Gasteiger partial charge on any atom is 0.115 e. The Labute approximate surface area is 130 Å². The molecule has 0 saturated carbocycles. The topological polar surface area (TPSA) is 32.3 Å². The number of aryl methyl sites for hydroxylation is 1. The van der Waals surface area contributed by atoms with Gasteiger partial charge in [0.05, 0.1) is 0 Å². The number of hydrogen-bond acceptors (Lipinski definition) is 2. The summed E-state index contributed by atoms with van der Waals surface area (Å²) in [6.07, 6.45) is 3.37. The fourth-order valence-electron chi connectivity index (χ4n) is 3.13. The molecular formula is C18H20ClNO. The van der Waals surface area contributed by atoms with Gasteiger partial charge in [0.15, 0.2) is 0 Å². The summed E-state index contributed by atoms with van der Waals surface area (Å²) in [4.78, 5) is 0. The van der Waals surface area contributed by atoms with Crippen LogP contribution in [-0.4, -0.2) is 5.11 Å². The lowest BCUT2D eigenvalue weighted by molar-refractivity contribution is 0.411. The molecule has 3 rings (SSSR count). The van der Waals surface area contributed by atoms with Crippen molar-refractivity contribution in [3.05, 3.63) is 64.2 Å². The number of aromatic hydroxyl groups is 1. The molecular weight excluding hydrogens is 282 g/mol. The lowest BCUT2D eigenvalue weighted by Gasteiger charge is -2.29. The maximum absolute atomic E-state index is 9.75. The van der Waals surface area contributed by atoms with Gasteiger partial charge in [-0.05, 0) is 67.1 Å². The normalized spacial score (nSPS) is 19.0. The van der Waals surface area contributed by atoms with E-state index in [4.69, 9.17) is 11.6 Å². The Hall–Kier alpha value is -1.51. The molecule has 0 spiro atoms. The standard InChI is InChI=1S/C18H20ClNO/c1-12(14-5-2-6-15(19)10-14)20-18-7-3-4-13-8-9-16(21)11-17(13)18/h2,5-6,8-12,18,20-21H,3-4,7H2,1H3/t12-,18?/m0/s1. The van der Waals surface area contributed by atoms with Gasteiger partial charge in [-0.2, -0.15) is 0 Å². The highest BCUT2D eigenvalue weighted by molar-refractivity contribution is 6.30. The van der Waals surface area contributed by atoms with Gasteiger partial charge in [0.2, 0.25) is 0 Å². The second-order valence-electron chi connectivity index (χ2n) is 5.77. The van der Waals surface area contributed by atoms with Crippen molar-refractivity contribution in [1.29, 1.82) is 0 Å². The molecule has 2 N–H and O–H groups in total. The molecule has 0 radical (unpaired) electrons. The first-order valence-corrected chi connectivity index (χ1v) is 7.84. The van der Waals surface area contributed by atoms with Gasteiger partial charge in [-0.1, -0.05) is 29.8 Å². The predicted molar refractivity (Wildman–Crippen MR) is 86.8 cm³/mol. The van der Waals surface area contributed by atoms with E-state index >= 15 is 0 Å². The van der Waals surface area contributed by atoms with E-state index in [0.29, 0.717) is 5.75 Å². The van der Waals surface area contributed by atoms with E-state index in [0.717, 1.165) is 17.9 Å². The highest BCUT2D eigenvalue weighted by atomic mass is 35.5. The van der Waals surface area contributed by atoms with Gasteiger partial charge in [-0.25, -0.2) is 0 Å². The summed E-state index contributed by atoms with van der Waals surface area (Å²) in [6, 6.07) is 14.2. The van der Waals surface area contributed by atoms with Gasteiger partial charge in [-0.3, -0.25) is 0 Å². The molecule has 0 aliphatic heterocycles. The predicted octanol–water partition coefficient (Wildman–Crippen LogP) is 4.77. The van der Waals surface area contributed by atoms with Crippen molar-refractivity contribution in [2.75, 3.05) is 0 Å². The van der Waals surface area contributed by atoms with Crippen LogP contribution in [0.2, 0.25) is 5.02 Å². The zero-order valence-electron chi connectivity index (χ0n) is 12.1. The molecule has 0 aromatic heterocycles. The third kappa shape index (κ3) is 3.22. The number of halogens is 1. The Bertz CT molecular complexity index is 641. The fraction of sp³-hybridized carbons (Fsp3) is 0.333. The summed E-state index contributed by atoms with van der Waals surface area (Å²) in [5, 5.41) is 14.2. The largest absolute Gasteiger partial charge is 0.508 e. The molecule has 1 unspecified atom stereocenters. The molecule has 0 saturated heterocycles.